The van der Waals surface area contributed by atoms with Crippen molar-refractivity contribution in [2.24, 2.45) is 5.92 Å². The lowest BCUT2D eigenvalue weighted by Gasteiger charge is -2.35. The second-order valence-electron chi connectivity index (χ2n) is 9.74. The van der Waals surface area contributed by atoms with Gasteiger partial charge in [0.05, 0.1) is 13.7 Å². The molecule has 1 saturated heterocycles. The van der Waals surface area contributed by atoms with Crippen molar-refractivity contribution in [3.8, 4) is 5.75 Å². The van der Waals surface area contributed by atoms with Crippen LogP contribution >= 0.6 is 0 Å². The minimum absolute atomic E-state index is 0.0941. The summed E-state index contributed by atoms with van der Waals surface area (Å²) < 4.78 is 7.10. The summed E-state index contributed by atoms with van der Waals surface area (Å²) in [7, 11) is 1.66. The molecule has 2 aromatic carbocycles. The molecule has 1 N–H and O–H groups in total. The third kappa shape index (κ3) is 4.71. The highest BCUT2D eigenvalue weighted by atomic mass is 16.5. The van der Waals surface area contributed by atoms with Crippen LogP contribution in [0, 0.1) is 19.8 Å². The van der Waals surface area contributed by atoms with E-state index in [-0.39, 0.29) is 11.6 Å². The van der Waals surface area contributed by atoms with E-state index in [1.807, 2.05) is 41.1 Å². The molecule has 35 heavy (non-hydrogen) atoms. The monoisotopic (exact) mass is 472 g/mol. The molecule has 0 radical (unpaired) electrons. The van der Waals surface area contributed by atoms with E-state index in [2.05, 4.69) is 52.2 Å². The Labute approximate surface area is 204 Å². The topological polar surface area (TPSA) is 88.9 Å². The van der Waals surface area contributed by atoms with Gasteiger partial charge in [-0.2, -0.15) is 0 Å². The first-order valence-corrected chi connectivity index (χ1v) is 12.2. The van der Waals surface area contributed by atoms with Gasteiger partial charge in [-0.05, 0) is 109 Å². The van der Waals surface area contributed by atoms with E-state index < -0.39 is 0 Å². The number of tetrazole rings is 1. The molecule has 5 rings (SSSR count). The lowest BCUT2D eigenvalue weighted by Crippen LogP contribution is -2.40. The van der Waals surface area contributed by atoms with E-state index in [4.69, 9.17) is 4.74 Å². The first kappa shape index (κ1) is 23.2. The summed E-state index contributed by atoms with van der Waals surface area (Å²) in [6.45, 7) is 8.74. The molecule has 3 heterocycles. The molecule has 1 aliphatic rings. The second kappa shape index (κ2) is 9.62. The molecule has 182 valence electrons. The molecule has 0 bridgehead atoms. The maximum atomic E-state index is 13.4. The Morgan fingerprint density at radius 1 is 1.09 bits per heavy atom. The molecule has 1 atom stereocenters. The number of aromatic nitrogens is 5. The zero-order valence-corrected chi connectivity index (χ0v) is 20.8. The van der Waals surface area contributed by atoms with E-state index in [1.54, 1.807) is 7.11 Å². The van der Waals surface area contributed by atoms with E-state index in [0.29, 0.717) is 23.9 Å². The average molecular weight is 473 g/mol. The van der Waals surface area contributed by atoms with Gasteiger partial charge in [0.1, 0.15) is 11.8 Å². The third-order valence-electron chi connectivity index (χ3n) is 7.26. The number of rotatable bonds is 6. The molecule has 0 unspecified atom stereocenters. The lowest BCUT2D eigenvalue weighted by molar-refractivity contribution is 0.149. The van der Waals surface area contributed by atoms with Gasteiger partial charge in [-0.15, -0.1) is 5.10 Å². The summed E-state index contributed by atoms with van der Waals surface area (Å²) in [4.78, 5) is 18.9. The third-order valence-corrected chi connectivity index (χ3v) is 7.26. The van der Waals surface area contributed by atoms with Crippen LogP contribution < -0.4 is 10.3 Å². The molecule has 0 amide bonds. The summed E-state index contributed by atoms with van der Waals surface area (Å²) in [5, 5.41) is 13.8. The van der Waals surface area contributed by atoms with E-state index in [1.165, 1.54) is 5.56 Å². The van der Waals surface area contributed by atoms with Crippen LogP contribution in [0.5, 0.6) is 5.75 Å². The number of hydrogen-bond acceptors (Lipinski definition) is 6. The molecule has 0 aliphatic carbocycles. The van der Waals surface area contributed by atoms with Gasteiger partial charge >= 0.3 is 0 Å². The summed E-state index contributed by atoms with van der Waals surface area (Å²) in [6, 6.07) is 13.8. The second-order valence-corrected chi connectivity index (χ2v) is 9.74. The quantitative estimate of drug-likeness (QED) is 0.456. The molecule has 1 fully saturated rings. The number of nitrogens with one attached hydrogen (secondary N) is 1. The number of pyridine rings is 1. The fourth-order valence-corrected chi connectivity index (χ4v) is 4.91. The molecule has 2 aromatic heterocycles. The molecular weight excluding hydrogens is 440 g/mol. The number of methoxy groups -OCH3 is 1. The predicted octanol–water partition coefficient (Wildman–Crippen LogP) is 4.01. The Morgan fingerprint density at radius 3 is 2.51 bits per heavy atom. The van der Waals surface area contributed by atoms with Crippen LogP contribution in [0.25, 0.3) is 10.9 Å². The van der Waals surface area contributed by atoms with E-state index >= 15 is 0 Å². The maximum Gasteiger partial charge on any atom is 0.253 e. The number of piperidine rings is 1. The summed E-state index contributed by atoms with van der Waals surface area (Å²) >= 11 is 0. The van der Waals surface area contributed by atoms with Crippen molar-refractivity contribution in [2.45, 2.75) is 46.2 Å². The van der Waals surface area contributed by atoms with Gasteiger partial charge in [0.2, 0.25) is 0 Å². The number of ether oxygens (including phenoxy) is 1. The average Bonchev–Trinajstić information content (AvgIpc) is 3.30. The molecule has 0 spiro atoms. The van der Waals surface area contributed by atoms with Crippen molar-refractivity contribution in [3.05, 3.63) is 80.9 Å². The first-order valence-electron chi connectivity index (χ1n) is 12.2. The fraction of sp³-hybridized carbons (Fsp3) is 0.407. The first-order chi connectivity index (χ1) is 16.9. The normalized spacial score (nSPS) is 16.0. The van der Waals surface area contributed by atoms with Gasteiger partial charge < -0.3 is 9.72 Å². The van der Waals surface area contributed by atoms with Crippen LogP contribution in [-0.4, -0.2) is 50.3 Å². The van der Waals surface area contributed by atoms with Gasteiger partial charge in [-0.3, -0.25) is 9.69 Å². The lowest BCUT2D eigenvalue weighted by atomic mass is 9.95. The summed E-state index contributed by atoms with van der Waals surface area (Å²) in [5.41, 5.74) is 4.85. The Morgan fingerprint density at radius 2 is 1.80 bits per heavy atom. The van der Waals surface area contributed by atoms with Gasteiger partial charge in [-0.1, -0.05) is 19.1 Å². The van der Waals surface area contributed by atoms with E-state index in [0.717, 1.165) is 53.7 Å². The molecule has 4 aromatic rings. The van der Waals surface area contributed by atoms with Crippen molar-refractivity contribution in [2.75, 3.05) is 20.2 Å². The zero-order valence-electron chi connectivity index (χ0n) is 20.8. The van der Waals surface area contributed by atoms with Crippen LogP contribution in [0.3, 0.4) is 0 Å². The van der Waals surface area contributed by atoms with Crippen LogP contribution in [0.1, 0.15) is 53.9 Å². The van der Waals surface area contributed by atoms with Crippen LogP contribution in [0.4, 0.5) is 0 Å². The van der Waals surface area contributed by atoms with Gasteiger partial charge in [0.25, 0.3) is 5.56 Å². The minimum Gasteiger partial charge on any atom is -0.497 e. The Bertz CT molecular complexity index is 1380. The fourth-order valence-electron chi connectivity index (χ4n) is 4.91. The Kier molecular flexibility index (Phi) is 6.38. The molecular formula is C27H32N6O2. The predicted molar refractivity (Wildman–Crippen MR) is 136 cm³/mol. The van der Waals surface area contributed by atoms with Crippen LogP contribution in [-0.2, 0) is 6.54 Å². The van der Waals surface area contributed by atoms with Crippen molar-refractivity contribution in [1.29, 1.82) is 0 Å². The smallest absolute Gasteiger partial charge is 0.253 e. The minimum atomic E-state index is -0.328. The van der Waals surface area contributed by atoms with Gasteiger partial charge in [0.15, 0.2) is 5.82 Å². The van der Waals surface area contributed by atoms with Crippen molar-refractivity contribution in [1.82, 2.24) is 30.1 Å². The number of fused-ring (bicyclic) bond motifs is 1. The highest BCUT2D eigenvalue weighted by Crippen LogP contribution is 2.31. The van der Waals surface area contributed by atoms with Crippen molar-refractivity contribution < 1.29 is 4.74 Å². The summed E-state index contributed by atoms with van der Waals surface area (Å²) in [6.07, 6.45) is 2.17. The number of hydrogen-bond donors (Lipinski definition) is 1. The largest absolute Gasteiger partial charge is 0.497 e. The van der Waals surface area contributed by atoms with Crippen LogP contribution in [0.15, 0.2) is 47.3 Å². The highest BCUT2D eigenvalue weighted by Gasteiger charge is 2.32. The Balaban J connectivity index is 1.59. The van der Waals surface area contributed by atoms with Crippen molar-refractivity contribution in [3.63, 3.8) is 0 Å². The van der Waals surface area contributed by atoms with Gasteiger partial charge in [0, 0.05) is 11.1 Å². The number of aromatic amines is 1. The number of aryl methyl sites for hydroxylation is 2. The zero-order chi connectivity index (χ0) is 24.5. The molecule has 8 nitrogen and oxygen atoms in total. The maximum absolute atomic E-state index is 13.4. The highest BCUT2D eigenvalue weighted by molar-refractivity contribution is 5.81. The Hall–Kier alpha value is -3.52. The number of H-pyrrole nitrogens is 1. The number of nitrogens with zero attached hydrogens (tertiary/aromatic N) is 5. The SMILES string of the molecule is COc1ccc(Cn2nnnc2[C@@H](c2cc3cc(C)c(C)cc3[nH]c2=O)N2CCC(C)CC2)cc1. The molecule has 0 saturated carbocycles. The number of likely N-dealkylation sites (tertiary alicyclic amines) is 1. The van der Waals surface area contributed by atoms with Gasteiger partial charge in [-0.25, -0.2) is 4.68 Å². The standard InChI is InChI=1S/C27H32N6O2/c1-17-9-11-32(12-10-17)25(23-15-21-13-18(2)19(3)14-24(21)28-27(23)34)26-29-30-31-33(26)16-20-5-7-22(35-4)8-6-20/h5-8,13-15,17,25H,9-12,16H2,1-4H3,(H,28,34)/t25-/m1/s1. The molecule has 1 aliphatic heterocycles. The number of benzene rings is 2. The van der Waals surface area contributed by atoms with Crippen molar-refractivity contribution >= 4 is 10.9 Å². The van der Waals surface area contributed by atoms with Crippen LogP contribution in [0.2, 0.25) is 0 Å². The molecule has 8 heteroatoms. The van der Waals surface area contributed by atoms with E-state index in [9.17, 15) is 4.79 Å². The summed E-state index contributed by atoms with van der Waals surface area (Å²) in [5.74, 6) is 2.16.